The van der Waals surface area contributed by atoms with Crippen molar-refractivity contribution < 1.29 is 5.11 Å². The van der Waals surface area contributed by atoms with Gasteiger partial charge in [-0.15, -0.1) is 0 Å². The van der Waals surface area contributed by atoms with Crippen LogP contribution in [0.4, 0.5) is 0 Å². The van der Waals surface area contributed by atoms with E-state index < -0.39 is 6.10 Å². The lowest BCUT2D eigenvalue weighted by Crippen LogP contribution is -1.96. The smallest absolute Gasteiger partial charge is 0.145 e. The number of nitrogens with zero attached hydrogens (tertiary/aromatic N) is 2. The molecular weight excluding hydrogens is 308 g/mol. The van der Waals surface area contributed by atoms with Gasteiger partial charge in [-0.2, -0.15) is 5.10 Å². The van der Waals surface area contributed by atoms with Gasteiger partial charge in [-0.05, 0) is 12.1 Å². The lowest BCUT2D eigenvalue weighted by Gasteiger charge is -2.05. The molecule has 0 aliphatic heterocycles. The largest absolute Gasteiger partial charge is 0.376 e. The SMILES string of the molecule is Cn1nc(-c2ccccc2)c([C@H](O)C#Cc2ccccc2)c1Cl. The molecule has 1 aromatic heterocycles. The molecule has 23 heavy (non-hydrogen) atoms. The molecule has 1 N–H and O–H groups in total. The van der Waals surface area contributed by atoms with Crippen LogP contribution in [-0.4, -0.2) is 14.9 Å². The fourth-order valence-electron chi connectivity index (χ4n) is 2.32. The van der Waals surface area contributed by atoms with Gasteiger partial charge >= 0.3 is 0 Å². The number of aryl methyl sites for hydroxylation is 1. The Kier molecular flexibility index (Phi) is 4.47. The molecule has 0 unspecified atom stereocenters. The highest BCUT2D eigenvalue weighted by molar-refractivity contribution is 6.30. The first-order chi connectivity index (χ1) is 11.2. The Hall–Kier alpha value is -2.54. The number of hydrogen-bond acceptors (Lipinski definition) is 2. The van der Waals surface area contributed by atoms with Crippen molar-refractivity contribution in [1.82, 2.24) is 9.78 Å². The van der Waals surface area contributed by atoms with Crippen LogP contribution >= 0.6 is 11.6 Å². The molecule has 3 rings (SSSR count). The van der Waals surface area contributed by atoms with Crippen LogP contribution in [-0.2, 0) is 7.05 Å². The molecule has 0 radical (unpaired) electrons. The van der Waals surface area contributed by atoms with Crippen LogP contribution in [0.3, 0.4) is 0 Å². The molecule has 0 aliphatic carbocycles. The summed E-state index contributed by atoms with van der Waals surface area (Å²) in [6.45, 7) is 0. The van der Waals surface area contributed by atoms with Gasteiger partial charge in [0.1, 0.15) is 17.0 Å². The summed E-state index contributed by atoms with van der Waals surface area (Å²) in [7, 11) is 1.75. The standard InChI is InChI=1S/C19H15ClN2O/c1-22-19(20)17(18(21-22)15-10-6-3-7-11-15)16(23)13-12-14-8-4-2-5-9-14/h2-11,16,23H,1H3/t16-/m1/s1. The van der Waals surface area contributed by atoms with Gasteiger partial charge in [0.2, 0.25) is 0 Å². The van der Waals surface area contributed by atoms with Gasteiger partial charge in [-0.25, -0.2) is 0 Å². The summed E-state index contributed by atoms with van der Waals surface area (Å²) in [5.74, 6) is 5.81. The van der Waals surface area contributed by atoms with E-state index in [9.17, 15) is 5.11 Å². The van der Waals surface area contributed by atoms with Crippen LogP contribution in [0.15, 0.2) is 60.7 Å². The Morgan fingerprint density at radius 2 is 1.65 bits per heavy atom. The maximum Gasteiger partial charge on any atom is 0.145 e. The minimum atomic E-state index is -1.01. The van der Waals surface area contributed by atoms with Crippen molar-refractivity contribution >= 4 is 11.6 Å². The van der Waals surface area contributed by atoms with Gasteiger partial charge in [-0.3, -0.25) is 4.68 Å². The highest BCUT2D eigenvalue weighted by Gasteiger charge is 2.21. The van der Waals surface area contributed by atoms with Gasteiger partial charge in [0, 0.05) is 18.2 Å². The summed E-state index contributed by atoms with van der Waals surface area (Å²) in [5, 5.41) is 15.3. The van der Waals surface area contributed by atoms with E-state index >= 15 is 0 Å². The molecule has 0 bridgehead atoms. The van der Waals surface area contributed by atoms with E-state index in [-0.39, 0.29) is 0 Å². The van der Waals surface area contributed by atoms with E-state index in [1.807, 2.05) is 60.7 Å². The first-order valence-electron chi connectivity index (χ1n) is 7.19. The van der Waals surface area contributed by atoms with E-state index in [1.54, 1.807) is 11.7 Å². The van der Waals surface area contributed by atoms with Crippen LogP contribution in [0.5, 0.6) is 0 Å². The number of rotatable bonds is 2. The predicted octanol–water partition coefficient (Wildman–Crippen LogP) is 3.83. The summed E-state index contributed by atoms with van der Waals surface area (Å²) in [6, 6.07) is 19.1. The third-order valence-electron chi connectivity index (χ3n) is 3.46. The van der Waals surface area contributed by atoms with Crippen molar-refractivity contribution in [3.05, 3.63) is 76.9 Å². The monoisotopic (exact) mass is 322 g/mol. The zero-order valence-corrected chi connectivity index (χ0v) is 13.3. The Balaban J connectivity index is 2.01. The second-order valence-electron chi connectivity index (χ2n) is 5.08. The Morgan fingerprint density at radius 3 is 2.30 bits per heavy atom. The summed E-state index contributed by atoms with van der Waals surface area (Å²) in [4.78, 5) is 0. The maximum atomic E-state index is 10.5. The third kappa shape index (κ3) is 3.29. The lowest BCUT2D eigenvalue weighted by atomic mass is 10.0. The fraction of sp³-hybridized carbons (Fsp3) is 0.105. The number of aromatic nitrogens is 2. The molecule has 0 saturated heterocycles. The summed E-state index contributed by atoms with van der Waals surface area (Å²) < 4.78 is 1.55. The lowest BCUT2D eigenvalue weighted by molar-refractivity contribution is 0.239. The van der Waals surface area contributed by atoms with Crippen molar-refractivity contribution in [3.63, 3.8) is 0 Å². The molecule has 2 aromatic carbocycles. The minimum Gasteiger partial charge on any atom is -0.376 e. The number of hydrogen-bond donors (Lipinski definition) is 1. The molecule has 1 atom stereocenters. The molecule has 3 aromatic rings. The molecule has 0 fully saturated rings. The van der Waals surface area contributed by atoms with Crippen molar-refractivity contribution in [2.24, 2.45) is 7.05 Å². The number of halogens is 1. The van der Waals surface area contributed by atoms with Crippen molar-refractivity contribution in [2.45, 2.75) is 6.10 Å². The van der Waals surface area contributed by atoms with Gasteiger partial charge in [0.25, 0.3) is 0 Å². The zero-order chi connectivity index (χ0) is 16.2. The Bertz CT molecular complexity index is 861. The first kappa shape index (κ1) is 15.4. The third-order valence-corrected chi connectivity index (χ3v) is 3.91. The number of aliphatic hydroxyl groups excluding tert-OH is 1. The quantitative estimate of drug-likeness (QED) is 0.728. The summed E-state index contributed by atoms with van der Waals surface area (Å²) in [5.41, 5.74) is 2.91. The fourth-order valence-corrected chi connectivity index (χ4v) is 2.55. The van der Waals surface area contributed by atoms with E-state index in [0.717, 1.165) is 11.1 Å². The summed E-state index contributed by atoms with van der Waals surface area (Å²) >= 11 is 6.31. The number of aliphatic hydroxyl groups is 1. The highest BCUT2D eigenvalue weighted by Crippen LogP contribution is 2.32. The van der Waals surface area contributed by atoms with Crippen LogP contribution in [0.25, 0.3) is 11.3 Å². The van der Waals surface area contributed by atoms with Crippen LogP contribution in [0, 0.1) is 11.8 Å². The van der Waals surface area contributed by atoms with E-state index in [0.29, 0.717) is 16.4 Å². The van der Waals surface area contributed by atoms with Crippen LogP contribution < -0.4 is 0 Å². The Labute approximate surface area is 140 Å². The second-order valence-corrected chi connectivity index (χ2v) is 5.44. The van der Waals surface area contributed by atoms with E-state index in [2.05, 4.69) is 16.9 Å². The molecule has 0 spiro atoms. The van der Waals surface area contributed by atoms with Crippen molar-refractivity contribution in [3.8, 4) is 23.1 Å². The molecule has 3 nitrogen and oxygen atoms in total. The van der Waals surface area contributed by atoms with Gasteiger partial charge in [0.05, 0.1) is 5.56 Å². The normalized spacial score (nSPS) is 11.6. The van der Waals surface area contributed by atoms with Gasteiger partial charge in [-0.1, -0.05) is 72.0 Å². The maximum absolute atomic E-state index is 10.5. The first-order valence-corrected chi connectivity index (χ1v) is 7.57. The molecule has 0 aliphatic rings. The van der Waals surface area contributed by atoms with Gasteiger partial charge in [0.15, 0.2) is 0 Å². The predicted molar refractivity (Wildman–Crippen MR) is 91.9 cm³/mol. The Morgan fingerprint density at radius 1 is 1.04 bits per heavy atom. The average Bonchev–Trinajstić information content (AvgIpc) is 2.90. The molecule has 4 heteroatoms. The van der Waals surface area contributed by atoms with Crippen molar-refractivity contribution in [2.75, 3.05) is 0 Å². The average molecular weight is 323 g/mol. The second kappa shape index (κ2) is 6.70. The minimum absolute atomic E-state index is 0.388. The topological polar surface area (TPSA) is 38.0 Å². The van der Waals surface area contributed by atoms with Crippen LogP contribution in [0.1, 0.15) is 17.2 Å². The molecular formula is C19H15ClN2O. The van der Waals surface area contributed by atoms with Crippen LogP contribution in [0.2, 0.25) is 5.15 Å². The zero-order valence-electron chi connectivity index (χ0n) is 12.6. The van der Waals surface area contributed by atoms with Crippen molar-refractivity contribution in [1.29, 1.82) is 0 Å². The number of benzene rings is 2. The molecule has 0 saturated carbocycles. The van der Waals surface area contributed by atoms with E-state index in [1.165, 1.54) is 0 Å². The summed E-state index contributed by atoms with van der Waals surface area (Å²) in [6.07, 6.45) is -1.01. The molecule has 114 valence electrons. The van der Waals surface area contributed by atoms with Gasteiger partial charge < -0.3 is 5.11 Å². The molecule has 0 amide bonds. The highest BCUT2D eigenvalue weighted by atomic mass is 35.5. The molecule has 1 heterocycles. The van der Waals surface area contributed by atoms with E-state index in [4.69, 9.17) is 11.6 Å².